The molecule has 1 heterocycles. The van der Waals surface area contributed by atoms with Gasteiger partial charge in [-0.05, 0) is 46.1 Å². The van der Waals surface area contributed by atoms with Crippen molar-refractivity contribution in [3.8, 4) is 0 Å². The van der Waals surface area contributed by atoms with E-state index in [0.717, 1.165) is 12.8 Å². The molecule has 1 aliphatic heterocycles. The molecule has 2 amide bonds. The van der Waals surface area contributed by atoms with E-state index < -0.39 is 36.1 Å². The molecule has 2 atom stereocenters. The van der Waals surface area contributed by atoms with Crippen LogP contribution < -0.4 is 11.5 Å². The van der Waals surface area contributed by atoms with E-state index in [4.69, 9.17) is 20.8 Å². The maximum atomic E-state index is 12.1. The lowest BCUT2D eigenvalue weighted by Gasteiger charge is -2.32. The molecule has 2 rings (SSSR count). The first-order valence-corrected chi connectivity index (χ1v) is 9.50. The molecule has 0 spiro atoms. The Morgan fingerprint density at radius 1 is 1.04 bits per heavy atom. The van der Waals surface area contributed by atoms with Gasteiger partial charge in [0, 0.05) is 18.2 Å². The summed E-state index contributed by atoms with van der Waals surface area (Å²) in [4.78, 5) is 23.6. The standard InChI is InChI=1S/C20H31BN2O4/c1-19(2)20(3,4)27-21(26-19)16(15(18(23)25)13-17(22)24)12-8-11-14-9-6-5-7-10-14/h5-7,9-10,15-16H,8,11-13H2,1-4H3,(H2,22,24)(H2,23,25)/t15?,16-/m1/s1. The van der Waals surface area contributed by atoms with E-state index in [1.54, 1.807) is 0 Å². The van der Waals surface area contributed by atoms with Crippen molar-refractivity contribution in [2.75, 3.05) is 0 Å². The van der Waals surface area contributed by atoms with Crippen molar-refractivity contribution in [1.82, 2.24) is 0 Å². The molecule has 27 heavy (non-hydrogen) atoms. The van der Waals surface area contributed by atoms with E-state index in [2.05, 4.69) is 12.1 Å². The fourth-order valence-corrected chi connectivity index (χ4v) is 3.46. The number of benzene rings is 1. The van der Waals surface area contributed by atoms with Gasteiger partial charge in [0.25, 0.3) is 0 Å². The van der Waals surface area contributed by atoms with Gasteiger partial charge in [0.1, 0.15) is 0 Å². The van der Waals surface area contributed by atoms with Crippen LogP contribution in [0.25, 0.3) is 0 Å². The van der Waals surface area contributed by atoms with Gasteiger partial charge in [0.2, 0.25) is 11.8 Å². The average molecular weight is 374 g/mol. The molecule has 1 aromatic rings. The van der Waals surface area contributed by atoms with Crippen LogP contribution in [0, 0.1) is 5.92 Å². The zero-order chi connectivity index (χ0) is 20.2. The van der Waals surface area contributed by atoms with E-state index in [-0.39, 0.29) is 12.2 Å². The topological polar surface area (TPSA) is 105 Å². The second-order valence-corrected chi connectivity index (χ2v) is 8.35. The second kappa shape index (κ2) is 8.44. The highest BCUT2D eigenvalue weighted by Gasteiger charge is 2.55. The summed E-state index contributed by atoms with van der Waals surface area (Å²) in [5.74, 6) is -2.15. The Morgan fingerprint density at radius 3 is 2.07 bits per heavy atom. The summed E-state index contributed by atoms with van der Waals surface area (Å²) in [6.45, 7) is 7.84. The number of carbonyl (C=O) groups is 2. The van der Waals surface area contributed by atoms with Crippen LogP contribution in [0.5, 0.6) is 0 Å². The van der Waals surface area contributed by atoms with Crippen LogP contribution >= 0.6 is 0 Å². The summed E-state index contributed by atoms with van der Waals surface area (Å²) in [5.41, 5.74) is 11.2. The van der Waals surface area contributed by atoms with Gasteiger partial charge in [-0.25, -0.2) is 0 Å². The predicted octanol–water partition coefficient (Wildman–Crippen LogP) is 2.45. The van der Waals surface area contributed by atoms with E-state index in [1.165, 1.54) is 5.56 Å². The van der Waals surface area contributed by atoms with Gasteiger partial charge in [0.15, 0.2) is 0 Å². The molecule has 0 aliphatic carbocycles. The minimum atomic E-state index is -0.715. The minimum Gasteiger partial charge on any atom is -0.403 e. The number of aryl methyl sites for hydroxylation is 1. The number of hydrogen-bond acceptors (Lipinski definition) is 4. The maximum Gasteiger partial charge on any atom is 0.461 e. The zero-order valence-electron chi connectivity index (χ0n) is 16.7. The SMILES string of the molecule is CC1(C)OB([C@H](CCCc2ccccc2)C(CC(N)=O)C(N)=O)OC1(C)C. The summed E-state index contributed by atoms with van der Waals surface area (Å²) in [6.07, 6.45) is 2.22. The van der Waals surface area contributed by atoms with Crippen molar-refractivity contribution in [3.05, 3.63) is 35.9 Å². The first-order chi connectivity index (χ1) is 12.5. The van der Waals surface area contributed by atoms with Gasteiger partial charge in [-0.2, -0.15) is 0 Å². The van der Waals surface area contributed by atoms with E-state index in [1.807, 2.05) is 45.9 Å². The molecule has 7 heteroatoms. The Labute approximate surface area is 162 Å². The smallest absolute Gasteiger partial charge is 0.403 e. The molecule has 1 aromatic carbocycles. The Hall–Kier alpha value is -1.86. The average Bonchev–Trinajstić information content (AvgIpc) is 2.78. The third-order valence-corrected chi connectivity index (χ3v) is 5.77. The Bertz CT molecular complexity index is 647. The fourth-order valence-electron chi connectivity index (χ4n) is 3.46. The molecule has 1 aliphatic rings. The first-order valence-electron chi connectivity index (χ1n) is 9.50. The number of amides is 2. The molecule has 0 bridgehead atoms. The number of primary amides is 2. The Balaban J connectivity index is 2.17. The molecule has 4 N–H and O–H groups in total. The van der Waals surface area contributed by atoms with E-state index in [9.17, 15) is 9.59 Å². The molecule has 148 valence electrons. The van der Waals surface area contributed by atoms with Gasteiger partial charge >= 0.3 is 7.12 Å². The molecule has 1 unspecified atom stereocenters. The summed E-state index contributed by atoms with van der Waals surface area (Å²) in [6, 6.07) is 10.1. The highest BCUT2D eigenvalue weighted by molar-refractivity contribution is 6.48. The fraction of sp³-hybridized carbons (Fsp3) is 0.600. The van der Waals surface area contributed by atoms with Crippen molar-refractivity contribution < 1.29 is 18.9 Å². The van der Waals surface area contributed by atoms with Crippen LogP contribution in [0.15, 0.2) is 30.3 Å². The largest absolute Gasteiger partial charge is 0.461 e. The van der Waals surface area contributed by atoms with Crippen LogP contribution in [0.3, 0.4) is 0 Å². The lowest BCUT2D eigenvalue weighted by Crippen LogP contribution is -2.41. The third-order valence-electron chi connectivity index (χ3n) is 5.77. The van der Waals surface area contributed by atoms with Crippen molar-refractivity contribution in [2.45, 2.75) is 70.4 Å². The highest BCUT2D eigenvalue weighted by Crippen LogP contribution is 2.44. The van der Waals surface area contributed by atoms with Crippen LogP contribution in [0.1, 0.15) is 52.5 Å². The number of nitrogens with two attached hydrogens (primary N) is 2. The van der Waals surface area contributed by atoms with Gasteiger partial charge in [-0.1, -0.05) is 36.8 Å². The van der Waals surface area contributed by atoms with Crippen LogP contribution in [-0.2, 0) is 25.3 Å². The lowest BCUT2D eigenvalue weighted by atomic mass is 9.61. The summed E-state index contributed by atoms with van der Waals surface area (Å²) >= 11 is 0. The van der Waals surface area contributed by atoms with Gasteiger partial charge in [-0.15, -0.1) is 0 Å². The number of carbonyl (C=O) groups excluding carboxylic acids is 2. The molecule has 1 fully saturated rings. The van der Waals surface area contributed by atoms with Gasteiger partial charge < -0.3 is 20.8 Å². The van der Waals surface area contributed by atoms with Gasteiger partial charge in [0.05, 0.1) is 11.2 Å². The molecule has 0 aromatic heterocycles. The number of rotatable bonds is 9. The summed E-state index contributed by atoms with van der Waals surface area (Å²) < 4.78 is 12.3. The van der Waals surface area contributed by atoms with E-state index in [0.29, 0.717) is 6.42 Å². The van der Waals surface area contributed by atoms with Crippen LogP contribution in [-0.4, -0.2) is 30.1 Å². The molecular weight excluding hydrogens is 343 g/mol. The summed E-state index contributed by atoms with van der Waals surface area (Å²) in [5, 5.41) is 0. The normalized spacial score (nSPS) is 20.2. The van der Waals surface area contributed by atoms with Crippen molar-refractivity contribution in [2.24, 2.45) is 17.4 Å². The lowest BCUT2D eigenvalue weighted by molar-refractivity contribution is -0.127. The van der Waals surface area contributed by atoms with E-state index >= 15 is 0 Å². The first kappa shape index (κ1) is 21.4. The Kier molecular flexibility index (Phi) is 6.70. The van der Waals surface area contributed by atoms with Gasteiger partial charge in [-0.3, -0.25) is 9.59 Å². The monoisotopic (exact) mass is 374 g/mol. The summed E-state index contributed by atoms with van der Waals surface area (Å²) in [7, 11) is -0.609. The highest BCUT2D eigenvalue weighted by atomic mass is 16.7. The van der Waals surface area contributed by atoms with Crippen LogP contribution in [0.2, 0.25) is 5.82 Å². The van der Waals surface area contributed by atoms with Crippen molar-refractivity contribution in [1.29, 1.82) is 0 Å². The molecule has 1 saturated heterocycles. The predicted molar refractivity (Wildman–Crippen MR) is 106 cm³/mol. The molecule has 6 nitrogen and oxygen atoms in total. The van der Waals surface area contributed by atoms with Crippen LogP contribution in [0.4, 0.5) is 0 Å². The Morgan fingerprint density at radius 2 is 1.59 bits per heavy atom. The zero-order valence-corrected chi connectivity index (χ0v) is 16.7. The second-order valence-electron chi connectivity index (χ2n) is 8.35. The van der Waals surface area contributed by atoms with Crippen molar-refractivity contribution >= 4 is 18.9 Å². The number of hydrogen-bond donors (Lipinski definition) is 2. The molecule has 0 radical (unpaired) electrons. The quantitative estimate of drug-likeness (QED) is 0.648. The molecule has 0 saturated carbocycles. The maximum absolute atomic E-state index is 12.1. The third kappa shape index (κ3) is 5.33. The van der Waals surface area contributed by atoms with Crippen molar-refractivity contribution in [3.63, 3.8) is 0 Å². The minimum absolute atomic E-state index is 0.102. The molecular formula is C20H31BN2O4.